The summed E-state index contributed by atoms with van der Waals surface area (Å²) in [6, 6.07) is 18.2. The Bertz CT molecular complexity index is 1460. The molecule has 0 aliphatic carbocycles. The molecule has 5 heterocycles. The number of likely N-dealkylation sites (N-methyl/N-ethyl adjacent to an activating group) is 1. The van der Waals surface area contributed by atoms with Crippen LogP contribution in [0, 0.1) is 0 Å². The van der Waals surface area contributed by atoms with Crippen molar-refractivity contribution in [2.24, 2.45) is 0 Å². The number of benzene rings is 2. The van der Waals surface area contributed by atoms with Crippen LogP contribution in [0.2, 0.25) is 5.02 Å². The van der Waals surface area contributed by atoms with E-state index in [2.05, 4.69) is 58.6 Å². The van der Waals surface area contributed by atoms with Crippen LogP contribution in [0.5, 0.6) is 6.01 Å². The minimum absolute atomic E-state index is 0.398. The highest BCUT2D eigenvalue weighted by atomic mass is 35.5. The predicted molar refractivity (Wildman–Crippen MR) is 149 cm³/mol. The van der Waals surface area contributed by atoms with Crippen molar-refractivity contribution >= 4 is 39.2 Å². The van der Waals surface area contributed by atoms with Crippen LogP contribution >= 0.6 is 11.6 Å². The van der Waals surface area contributed by atoms with Gasteiger partial charge in [0.15, 0.2) is 5.65 Å². The first-order valence-corrected chi connectivity index (χ1v) is 13.7. The van der Waals surface area contributed by atoms with E-state index in [0.717, 1.165) is 64.3 Å². The highest BCUT2D eigenvalue weighted by Crippen LogP contribution is 2.35. The number of aromatic nitrogens is 3. The summed E-state index contributed by atoms with van der Waals surface area (Å²) in [6.45, 7) is 3.58. The molecular formula is C29H31ClN6O. The summed E-state index contributed by atoms with van der Waals surface area (Å²) in [6.07, 6.45) is 4.77. The normalized spacial score (nSPS) is 23.8. The third-order valence-electron chi connectivity index (χ3n) is 8.24. The molecule has 37 heavy (non-hydrogen) atoms. The zero-order valence-corrected chi connectivity index (χ0v) is 21.8. The molecule has 3 aliphatic rings. The summed E-state index contributed by atoms with van der Waals surface area (Å²) in [5, 5.41) is 7.50. The van der Waals surface area contributed by atoms with E-state index in [1.54, 1.807) is 0 Å². The van der Waals surface area contributed by atoms with Crippen LogP contribution in [0.4, 0.5) is 5.82 Å². The smallest absolute Gasteiger partial charge is 0.320 e. The van der Waals surface area contributed by atoms with E-state index in [0.29, 0.717) is 36.4 Å². The van der Waals surface area contributed by atoms with Crippen LogP contribution in [-0.4, -0.2) is 71.3 Å². The summed E-state index contributed by atoms with van der Waals surface area (Å²) in [4.78, 5) is 19.6. The second-order valence-corrected chi connectivity index (χ2v) is 11.1. The van der Waals surface area contributed by atoms with Gasteiger partial charge in [0.1, 0.15) is 12.4 Å². The number of rotatable bonds is 5. The number of likely N-dealkylation sites (tertiary alicyclic amines) is 1. The van der Waals surface area contributed by atoms with Crippen LogP contribution in [0.1, 0.15) is 25.7 Å². The van der Waals surface area contributed by atoms with Crippen molar-refractivity contribution in [3.8, 4) is 17.3 Å². The van der Waals surface area contributed by atoms with Crippen LogP contribution in [0.15, 0.2) is 48.5 Å². The number of ether oxygens (including phenoxy) is 1. The lowest BCUT2D eigenvalue weighted by molar-refractivity contribution is 0.188. The maximum atomic E-state index is 6.64. The number of nitrogens with zero attached hydrogens (tertiary/aromatic N) is 5. The van der Waals surface area contributed by atoms with Gasteiger partial charge in [0.2, 0.25) is 0 Å². The van der Waals surface area contributed by atoms with Crippen LogP contribution in [0.3, 0.4) is 0 Å². The van der Waals surface area contributed by atoms with Crippen LogP contribution in [0.25, 0.3) is 33.1 Å². The quantitative estimate of drug-likeness (QED) is 0.406. The molecule has 3 saturated heterocycles. The monoisotopic (exact) mass is 514 g/mol. The van der Waals surface area contributed by atoms with Gasteiger partial charge in [-0.15, -0.1) is 0 Å². The molecule has 3 fully saturated rings. The Hall–Kier alpha value is -3.00. The topological polar surface area (TPSA) is 66.4 Å². The maximum absolute atomic E-state index is 6.64. The van der Waals surface area contributed by atoms with Gasteiger partial charge in [-0.25, -0.2) is 4.98 Å². The molecular weight excluding hydrogens is 484 g/mol. The minimum Gasteiger partial charge on any atom is -0.462 e. The first-order valence-electron chi connectivity index (χ1n) is 13.3. The van der Waals surface area contributed by atoms with E-state index in [1.807, 2.05) is 12.1 Å². The fourth-order valence-electron chi connectivity index (χ4n) is 6.27. The Balaban J connectivity index is 1.32. The highest BCUT2D eigenvalue weighted by molar-refractivity contribution is 6.36. The number of hydrogen-bond acceptors (Lipinski definition) is 7. The van der Waals surface area contributed by atoms with Crippen molar-refractivity contribution in [2.75, 3.05) is 38.2 Å². The molecule has 7 rings (SSSR count). The Kier molecular flexibility index (Phi) is 5.87. The third kappa shape index (κ3) is 4.29. The maximum Gasteiger partial charge on any atom is 0.320 e. The van der Waals surface area contributed by atoms with Gasteiger partial charge in [-0.2, -0.15) is 9.97 Å². The van der Waals surface area contributed by atoms with Crippen molar-refractivity contribution in [3.63, 3.8) is 0 Å². The summed E-state index contributed by atoms with van der Waals surface area (Å²) in [7, 11) is 2.16. The largest absolute Gasteiger partial charge is 0.462 e. The Morgan fingerprint density at radius 3 is 2.57 bits per heavy atom. The zero-order valence-electron chi connectivity index (χ0n) is 21.0. The second kappa shape index (κ2) is 9.39. The lowest BCUT2D eigenvalue weighted by Crippen LogP contribution is -2.51. The molecule has 0 radical (unpaired) electrons. The van der Waals surface area contributed by atoms with Crippen molar-refractivity contribution in [1.29, 1.82) is 0 Å². The molecule has 0 saturated carbocycles. The lowest BCUT2D eigenvalue weighted by atomic mass is 10.0. The fraction of sp³-hybridized carbons (Fsp3) is 0.414. The van der Waals surface area contributed by atoms with Crippen LogP contribution in [-0.2, 0) is 0 Å². The zero-order chi connectivity index (χ0) is 24.9. The number of nitrogens with one attached hydrogen (secondary N) is 1. The lowest BCUT2D eigenvalue weighted by Gasteiger charge is -2.34. The summed E-state index contributed by atoms with van der Waals surface area (Å²) >= 11 is 6.64. The van der Waals surface area contributed by atoms with Gasteiger partial charge < -0.3 is 19.9 Å². The minimum atomic E-state index is 0.398. The fourth-order valence-corrected chi connectivity index (χ4v) is 6.55. The molecule has 2 bridgehead atoms. The molecule has 0 spiro atoms. The van der Waals surface area contributed by atoms with Crippen molar-refractivity contribution in [2.45, 2.75) is 43.8 Å². The SMILES string of the molecule is CN1CCC[C@H]1COc1nc(N2CC3CCC(C2)N3)c2ccc(-c3cccc4cccc(Cl)c34)nc2n1. The number of fused-ring (bicyclic) bond motifs is 4. The van der Waals surface area contributed by atoms with E-state index in [4.69, 9.17) is 31.3 Å². The van der Waals surface area contributed by atoms with Gasteiger partial charge in [0, 0.05) is 47.2 Å². The van der Waals surface area contributed by atoms with E-state index < -0.39 is 0 Å². The van der Waals surface area contributed by atoms with Gasteiger partial charge in [-0.3, -0.25) is 0 Å². The van der Waals surface area contributed by atoms with Gasteiger partial charge in [-0.05, 0) is 62.9 Å². The first kappa shape index (κ1) is 23.1. The molecule has 3 atom stereocenters. The molecule has 4 aromatic rings. The molecule has 3 aliphatic heterocycles. The molecule has 2 aromatic heterocycles. The number of anilines is 1. The first-order chi connectivity index (χ1) is 18.1. The number of pyridine rings is 1. The van der Waals surface area contributed by atoms with Gasteiger partial charge in [0.05, 0.1) is 11.1 Å². The average molecular weight is 515 g/mol. The molecule has 7 nitrogen and oxygen atoms in total. The van der Waals surface area contributed by atoms with Gasteiger partial charge in [0.25, 0.3) is 0 Å². The Morgan fingerprint density at radius 2 is 1.78 bits per heavy atom. The standard InChI is InChI=1S/C29H31ClN6O/c1-35-14-4-7-21(35)17-37-29-33-27-23(28(34-29)36-15-19-10-11-20(16-36)31-19)12-13-25(32-27)22-8-2-5-18-6-3-9-24(30)26(18)22/h2-3,5-6,8-9,12-13,19-21,31H,4,7,10-11,14-17H2,1H3/t19?,20?,21-/m0/s1. The van der Waals surface area contributed by atoms with E-state index in [9.17, 15) is 0 Å². The van der Waals surface area contributed by atoms with Gasteiger partial charge >= 0.3 is 6.01 Å². The van der Waals surface area contributed by atoms with Crippen molar-refractivity contribution in [1.82, 2.24) is 25.2 Å². The molecule has 190 valence electrons. The molecule has 0 amide bonds. The van der Waals surface area contributed by atoms with E-state index in [1.165, 1.54) is 19.3 Å². The molecule has 1 N–H and O–H groups in total. The van der Waals surface area contributed by atoms with Gasteiger partial charge in [-0.1, -0.05) is 41.9 Å². The molecule has 2 aromatic carbocycles. The van der Waals surface area contributed by atoms with Crippen molar-refractivity contribution in [3.05, 3.63) is 53.6 Å². The summed E-state index contributed by atoms with van der Waals surface area (Å²) < 4.78 is 6.24. The van der Waals surface area contributed by atoms with Crippen LogP contribution < -0.4 is 15.0 Å². The van der Waals surface area contributed by atoms with E-state index in [-0.39, 0.29) is 0 Å². The van der Waals surface area contributed by atoms with Crippen molar-refractivity contribution < 1.29 is 4.74 Å². The summed E-state index contributed by atoms with van der Waals surface area (Å²) in [5.74, 6) is 0.924. The summed E-state index contributed by atoms with van der Waals surface area (Å²) in [5.41, 5.74) is 2.50. The number of hydrogen-bond donors (Lipinski definition) is 1. The molecule has 8 heteroatoms. The Labute approximate surface area is 221 Å². The average Bonchev–Trinajstić information content (AvgIpc) is 3.49. The highest BCUT2D eigenvalue weighted by Gasteiger charge is 2.34. The number of halogens is 1. The predicted octanol–water partition coefficient (Wildman–Crippen LogP) is 4.91. The van der Waals surface area contributed by atoms with E-state index >= 15 is 0 Å². The third-order valence-corrected chi connectivity index (χ3v) is 8.56. The molecule has 2 unspecified atom stereocenters. The number of piperazine rings is 1. The second-order valence-electron chi connectivity index (χ2n) is 10.7. The Morgan fingerprint density at radius 1 is 0.973 bits per heavy atom.